The maximum absolute atomic E-state index is 13.3. The van der Waals surface area contributed by atoms with Crippen LogP contribution in [0.15, 0.2) is 22.8 Å². The second-order valence-electron chi connectivity index (χ2n) is 3.30. The van der Waals surface area contributed by atoms with Crippen molar-refractivity contribution in [1.29, 1.82) is 5.26 Å². The van der Waals surface area contributed by atoms with Gasteiger partial charge >= 0.3 is 0 Å². The molecule has 1 aromatic heterocycles. The first kappa shape index (κ1) is 13.1. The number of anilines is 1. The Labute approximate surface area is 114 Å². The Bertz CT molecular complexity index is 661. The number of H-pyrrole nitrogens is 1. The van der Waals surface area contributed by atoms with Crippen LogP contribution in [-0.4, -0.2) is 20.6 Å². The molecular formula is C10H5BrF2N6. The first-order chi connectivity index (χ1) is 9.11. The fraction of sp³-hybridized carbons (Fsp3) is 0. The molecule has 2 N–H and O–H groups in total. The molecule has 2 aromatic rings. The lowest BCUT2D eigenvalue weighted by atomic mass is 10.2. The van der Waals surface area contributed by atoms with Crippen LogP contribution in [0.4, 0.5) is 14.5 Å². The molecule has 1 aromatic carbocycles. The van der Waals surface area contributed by atoms with Gasteiger partial charge in [-0.1, -0.05) is 0 Å². The van der Waals surface area contributed by atoms with Gasteiger partial charge in [0.25, 0.3) is 0 Å². The molecule has 0 fully saturated rings. The van der Waals surface area contributed by atoms with Crippen molar-refractivity contribution in [1.82, 2.24) is 20.6 Å². The van der Waals surface area contributed by atoms with E-state index in [2.05, 4.69) is 41.9 Å². The van der Waals surface area contributed by atoms with Crippen LogP contribution in [0.1, 0.15) is 5.82 Å². The zero-order valence-electron chi connectivity index (χ0n) is 9.15. The fourth-order valence-electron chi connectivity index (χ4n) is 1.23. The highest BCUT2D eigenvalue weighted by Gasteiger charge is 2.09. The highest BCUT2D eigenvalue weighted by molar-refractivity contribution is 9.10. The van der Waals surface area contributed by atoms with Gasteiger partial charge < -0.3 is 5.32 Å². The molecule has 96 valence electrons. The van der Waals surface area contributed by atoms with Crippen molar-refractivity contribution in [2.75, 3.05) is 5.32 Å². The number of benzene rings is 1. The molecule has 2 rings (SSSR count). The van der Waals surface area contributed by atoms with Gasteiger partial charge in [-0.3, -0.25) is 0 Å². The Balaban J connectivity index is 2.30. The number of nitrogens with zero attached hydrogens (tertiary/aromatic N) is 4. The van der Waals surface area contributed by atoms with Crippen LogP contribution in [0.25, 0.3) is 5.57 Å². The van der Waals surface area contributed by atoms with Crippen molar-refractivity contribution in [2.45, 2.75) is 0 Å². The van der Waals surface area contributed by atoms with Crippen LogP contribution in [0.5, 0.6) is 0 Å². The summed E-state index contributed by atoms with van der Waals surface area (Å²) in [5.74, 6) is -1.42. The number of rotatable bonds is 3. The maximum Gasteiger partial charge on any atom is 0.216 e. The Hall–Kier alpha value is -2.34. The minimum Gasteiger partial charge on any atom is -0.359 e. The number of aromatic nitrogens is 4. The van der Waals surface area contributed by atoms with Crippen molar-refractivity contribution in [3.8, 4) is 6.07 Å². The van der Waals surface area contributed by atoms with Gasteiger partial charge in [0.1, 0.15) is 23.3 Å². The van der Waals surface area contributed by atoms with E-state index in [1.807, 2.05) is 6.07 Å². The highest BCUT2D eigenvalue weighted by Crippen LogP contribution is 2.27. The summed E-state index contributed by atoms with van der Waals surface area (Å²) in [6.07, 6.45) is 1.23. The molecule has 0 saturated heterocycles. The molecule has 0 atom stereocenters. The van der Waals surface area contributed by atoms with Crippen molar-refractivity contribution in [3.63, 3.8) is 0 Å². The third-order valence-electron chi connectivity index (χ3n) is 2.07. The van der Waals surface area contributed by atoms with Crippen molar-refractivity contribution < 1.29 is 8.78 Å². The smallest absolute Gasteiger partial charge is 0.216 e. The molecule has 0 aliphatic carbocycles. The minimum absolute atomic E-state index is 0.0514. The molecular weight excluding hydrogens is 322 g/mol. The summed E-state index contributed by atoms with van der Waals surface area (Å²) >= 11 is 2.97. The first-order valence-corrected chi connectivity index (χ1v) is 5.66. The predicted octanol–water partition coefficient (Wildman–Crippen LogP) is 2.22. The molecule has 0 amide bonds. The largest absolute Gasteiger partial charge is 0.359 e. The van der Waals surface area contributed by atoms with E-state index >= 15 is 0 Å². The zero-order valence-corrected chi connectivity index (χ0v) is 10.7. The maximum atomic E-state index is 13.3. The molecule has 19 heavy (non-hydrogen) atoms. The topological polar surface area (TPSA) is 90.3 Å². The van der Waals surface area contributed by atoms with Gasteiger partial charge in [-0.15, -0.1) is 10.2 Å². The Kier molecular flexibility index (Phi) is 3.82. The minimum atomic E-state index is -0.756. The average Bonchev–Trinajstić information content (AvgIpc) is 2.89. The number of nitriles is 1. The van der Waals surface area contributed by atoms with Crippen LogP contribution in [-0.2, 0) is 0 Å². The lowest BCUT2D eigenvalue weighted by molar-refractivity contribution is 0.580. The molecule has 0 aliphatic rings. The van der Waals surface area contributed by atoms with Gasteiger partial charge in [-0.05, 0) is 27.2 Å². The van der Waals surface area contributed by atoms with E-state index in [4.69, 9.17) is 5.26 Å². The number of hydrogen-bond donors (Lipinski definition) is 2. The third kappa shape index (κ3) is 2.92. The van der Waals surface area contributed by atoms with Gasteiger partial charge in [0.05, 0.1) is 10.2 Å². The fourth-order valence-corrected chi connectivity index (χ4v) is 1.58. The predicted molar refractivity (Wildman–Crippen MR) is 65.4 cm³/mol. The number of hydrogen-bond acceptors (Lipinski definition) is 5. The van der Waals surface area contributed by atoms with Gasteiger partial charge in [-0.25, -0.2) is 8.78 Å². The molecule has 0 bridgehead atoms. The Morgan fingerprint density at radius 3 is 2.89 bits per heavy atom. The number of nitrogens with one attached hydrogen (secondary N) is 2. The number of aromatic amines is 1. The molecule has 1 heterocycles. The third-order valence-corrected chi connectivity index (χ3v) is 2.88. The van der Waals surface area contributed by atoms with E-state index in [0.29, 0.717) is 0 Å². The zero-order chi connectivity index (χ0) is 13.8. The van der Waals surface area contributed by atoms with Crippen LogP contribution in [0.2, 0.25) is 0 Å². The Morgan fingerprint density at radius 2 is 2.26 bits per heavy atom. The monoisotopic (exact) mass is 326 g/mol. The molecule has 9 heteroatoms. The van der Waals surface area contributed by atoms with Crippen molar-refractivity contribution in [3.05, 3.63) is 40.3 Å². The normalized spacial score (nSPS) is 11.2. The van der Waals surface area contributed by atoms with Crippen LogP contribution in [0, 0.1) is 23.0 Å². The lowest BCUT2D eigenvalue weighted by Gasteiger charge is -2.05. The van der Waals surface area contributed by atoms with Gasteiger partial charge in [-0.2, -0.15) is 10.5 Å². The highest BCUT2D eigenvalue weighted by atomic mass is 79.9. The summed E-state index contributed by atoms with van der Waals surface area (Å²) in [5, 5.41) is 24.3. The quantitative estimate of drug-likeness (QED) is 0.666. The van der Waals surface area contributed by atoms with Crippen LogP contribution >= 0.6 is 15.9 Å². The van der Waals surface area contributed by atoms with Crippen molar-refractivity contribution >= 4 is 27.2 Å². The molecule has 0 spiro atoms. The van der Waals surface area contributed by atoms with E-state index < -0.39 is 11.6 Å². The Morgan fingerprint density at radius 1 is 1.47 bits per heavy atom. The molecule has 6 nitrogen and oxygen atoms in total. The molecule has 0 saturated carbocycles. The van der Waals surface area contributed by atoms with E-state index in [0.717, 1.165) is 12.1 Å². The first-order valence-electron chi connectivity index (χ1n) is 4.87. The van der Waals surface area contributed by atoms with Gasteiger partial charge in [0, 0.05) is 12.3 Å². The summed E-state index contributed by atoms with van der Waals surface area (Å²) < 4.78 is 26.4. The summed E-state index contributed by atoms with van der Waals surface area (Å²) in [6.45, 7) is 0. The second kappa shape index (κ2) is 5.53. The van der Waals surface area contributed by atoms with Crippen LogP contribution in [0.3, 0.4) is 0 Å². The van der Waals surface area contributed by atoms with E-state index in [-0.39, 0.29) is 21.6 Å². The second-order valence-corrected chi connectivity index (χ2v) is 4.09. The molecule has 0 aliphatic heterocycles. The van der Waals surface area contributed by atoms with Gasteiger partial charge in [0.2, 0.25) is 5.82 Å². The lowest BCUT2D eigenvalue weighted by Crippen LogP contribution is -1.96. The average molecular weight is 327 g/mol. The summed E-state index contributed by atoms with van der Waals surface area (Å²) in [6, 6.07) is 3.65. The SMILES string of the molecule is N#CC(=CNc1cc(F)cc(F)c1Br)c1nn[nH]n1. The number of allylic oxidation sites excluding steroid dienone is 1. The van der Waals surface area contributed by atoms with E-state index in [9.17, 15) is 8.78 Å². The van der Waals surface area contributed by atoms with Crippen LogP contribution < -0.4 is 5.32 Å². The summed E-state index contributed by atoms with van der Waals surface area (Å²) in [7, 11) is 0. The van der Waals surface area contributed by atoms with Gasteiger partial charge in [0.15, 0.2) is 0 Å². The molecule has 0 radical (unpaired) electrons. The summed E-state index contributed by atoms with van der Waals surface area (Å²) in [5.41, 5.74) is 0.194. The van der Waals surface area contributed by atoms with E-state index in [1.165, 1.54) is 6.20 Å². The van der Waals surface area contributed by atoms with Crippen molar-refractivity contribution in [2.24, 2.45) is 0 Å². The number of halogens is 3. The summed E-state index contributed by atoms with van der Waals surface area (Å²) in [4.78, 5) is 0. The molecule has 0 unspecified atom stereocenters. The van der Waals surface area contributed by atoms with E-state index in [1.54, 1.807) is 0 Å². The number of tetrazole rings is 1. The standard InChI is InChI=1S/C10H5BrF2N6/c11-9-7(13)1-6(12)2-8(9)15-4-5(3-14)10-16-18-19-17-10/h1-2,4,15H,(H,16,17,18,19).